The highest BCUT2D eigenvalue weighted by molar-refractivity contribution is 5.94. The van der Waals surface area contributed by atoms with E-state index in [-0.39, 0.29) is 5.41 Å². The van der Waals surface area contributed by atoms with E-state index in [4.69, 9.17) is 15.0 Å². The largest absolute Gasteiger partial charge is 0.381 e. The van der Waals surface area contributed by atoms with Crippen molar-refractivity contribution in [1.82, 2.24) is 10.1 Å². The number of ether oxygens (including phenoxy) is 1. The molecular weight excluding hydrogens is 290 g/mol. The molecule has 23 heavy (non-hydrogen) atoms. The van der Waals surface area contributed by atoms with E-state index < -0.39 is 0 Å². The molecule has 2 N–H and O–H groups in total. The smallest absolute Gasteiger partial charge is 0.234 e. The first-order chi connectivity index (χ1) is 11.3. The van der Waals surface area contributed by atoms with E-state index in [0.717, 1.165) is 29.2 Å². The molecule has 1 saturated heterocycles. The van der Waals surface area contributed by atoms with Gasteiger partial charge < -0.3 is 15.0 Å². The van der Waals surface area contributed by atoms with Gasteiger partial charge in [-0.2, -0.15) is 4.98 Å². The minimum atomic E-state index is -0.256. The monoisotopic (exact) mass is 309 g/mol. The standard InChI is InChI=1S/C18H19N3O2/c19-12-18(8-10-22-11-9-18)17-20-16(21-23-17)15-7-3-5-13-4-1-2-6-14(13)15/h1-7H,8-12,19H2. The fourth-order valence-corrected chi connectivity index (χ4v) is 3.24. The van der Waals surface area contributed by atoms with Crippen LogP contribution in [0.1, 0.15) is 18.7 Å². The minimum Gasteiger partial charge on any atom is -0.381 e. The summed E-state index contributed by atoms with van der Waals surface area (Å²) >= 11 is 0. The molecule has 2 aromatic carbocycles. The fraction of sp³-hybridized carbons (Fsp3) is 0.333. The molecule has 118 valence electrons. The molecular formula is C18H19N3O2. The van der Waals surface area contributed by atoms with Crippen LogP contribution in [0.4, 0.5) is 0 Å². The highest BCUT2D eigenvalue weighted by Crippen LogP contribution is 2.34. The van der Waals surface area contributed by atoms with Crippen LogP contribution in [0.25, 0.3) is 22.2 Å². The first-order valence-electron chi connectivity index (χ1n) is 7.93. The lowest BCUT2D eigenvalue weighted by atomic mass is 9.80. The summed E-state index contributed by atoms with van der Waals surface area (Å²) in [5.41, 5.74) is 6.75. The first-order valence-corrected chi connectivity index (χ1v) is 7.93. The maximum atomic E-state index is 6.03. The average Bonchev–Trinajstić information content (AvgIpc) is 3.12. The second-order valence-corrected chi connectivity index (χ2v) is 6.05. The van der Waals surface area contributed by atoms with Gasteiger partial charge in [0, 0.05) is 25.3 Å². The molecule has 1 aromatic heterocycles. The number of nitrogens with two attached hydrogens (primary N) is 1. The van der Waals surface area contributed by atoms with Crippen molar-refractivity contribution in [2.75, 3.05) is 19.8 Å². The van der Waals surface area contributed by atoms with E-state index in [2.05, 4.69) is 28.3 Å². The summed E-state index contributed by atoms with van der Waals surface area (Å²) in [7, 11) is 0. The van der Waals surface area contributed by atoms with Gasteiger partial charge in [-0.3, -0.25) is 0 Å². The van der Waals surface area contributed by atoms with Gasteiger partial charge in [0.2, 0.25) is 11.7 Å². The Morgan fingerprint density at radius 3 is 2.65 bits per heavy atom. The van der Waals surface area contributed by atoms with E-state index in [1.165, 1.54) is 0 Å². The predicted octanol–water partition coefficient (Wildman–Crippen LogP) is 2.90. The van der Waals surface area contributed by atoms with Crippen molar-refractivity contribution in [2.45, 2.75) is 18.3 Å². The van der Waals surface area contributed by atoms with Crippen LogP contribution in [0.3, 0.4) is 0 Å². The molecule has 0 amide bonds. The second kappa shape index (κ2) is 5.76. The van der Waals surface area contributed by atoms with Crippen LogP contribution in [0.2, 0.25) is 0 Å². The molecule has 0 bridgehead atoms. The van der Waals surface area contributed by atoms with E-state index in [0.29, 0.717) is 31.5 Å². The summed E-state index contributed by atoms with van der Waals surface area (Å²) in [6.07, 6.45) is 1.64. The summed E-state index contributed by atoms with van der Waals surface area (Å²) in [5, 5.41) is 6.51. The molecule has 0 saturated carbocycles. The van der Waals surface area contributed by atoms with Crippen LogP contribution in [-0.2, 0) is 10.2 Å². The van der Waals surface area contributed by atoms with E-state index in [1.54, 1.807) is 0 Å². The SMILES string of the molecule is NCC1(c2nc(-c3cccc4ccccc34)no2)CCOCC1. The number of benzene rings is 2. The molecule has 0 spiro atoms. The van der Waals surface area contributed by atoms with Gasteiger partial charge in [0.15, 0.2) is 0 Å². The van der Waals surface area contributed by atoms with Crippen LogP contribution >= 0.6 is 0 Å². The van der Waals surface area contributed by atoms with Crippen molar-refractivity contribution < 1.29 is 9.26 Å². The topological polar surface area (TPSA) is 74.2 Å². The zero-order valence-corrected chi connectivity index (χ0v) is 12.9. The van der Waals surface area contributed by atoms with E-state index in [9.17, 15) is 0 Å². The summed E-state index contributed by atoms with van der Waals surface area (Å²) in [4.78, 5) is 4.68. The van der Waals surface area contributed by atoms with Gasteiger partial charge >= 0.3 is 0 Å². The molecule has 0 unspecified atom stereocenters. The van der Waals surface area contributed by atoms with Gasteiger partial charge in [-0.05, 0) is 23.6 Å². The Balaban J connectivity index is 1.78. The molecule has 0 aliphatic carbocycles. The molecule has 1 aliphatic rings. The Labute approximate surface area is 134 Å². The lowest BCUT2D eigenvalue weighted by Gasteiger charge is -2.32. The molecule has 1 aliphatic heterocycles. The third-order valence-corrected chi connectivity index (χ3v) is 4.75. The van der Waals surface area contributed by atoms with Gasteiger partial charge in [-0.25, -0.2) is 0 Å². The van der Waals surface area contributed by atoms with Crippen molar-refractivity contribution >= 4 is 10.8 Å². The number of hydrogen-bond acceptors (Lipinski definition) is 5. The van der Waals surface area contributed by atoms with Crippen molar-refractivity contribution in [3.63, 3.8) is 0 Å². The van der Waals surface area contributed by atoms with Crippen LogP contribution in [0.5, 0.6) is 0 Å². The van der Waals surface area contributed by atoms with Gasteiger partial charge in [-0.15, -0.1) is 0 Å². The fourth-order valence-electron chi connectivity index (χ4n) is 3.24. The Kier molecular flexibility index (Phi) is 3.59. The second-order valence-electron chi connectivity index (χ2n) is 6.05. The first kappa shape index (κ1) is 14.4. The van der Waals surface area contributed by atoms with Crippen LogP contribution in [0.15, 0.2) is 47.0 Å². The Hall–Kier alpha value is -2.24. The number of rotatable bonds is 3. The highest BCUT2D eigenvalue weighted by Gasteiger charge is 2.38. The molecule has 5 nitrogen and oxygen atoms in total. The average molecular weight is 309 g/mol. The van der Waals surface area contributed by atoms with Gasteiger partial charge in [0.1, 0.15) is 0 Å². The lowest BCUT2D eigenvalue weighted by molar-refractivity contribution is 0.0409. The summed E-state index contributed by atoms with van der Waals surface area (Å²) in [5.74, 6) is 1.25. The highest BCUT2D eigenvalue weighted by atomic mass is 16.5. The minimum absolute atomic E-state index is 0.256. The molecule has 5 heteroatoms. The van der Waals surface area contributed by atoms with Crippen molar-refractivity contribution in [3.8, 4) is 11.4 Å². The van der Waals surface area contributed by atoms with Crippen LogP contribution in [-0.4, -0.2) is 29.9 Å². The van der Waals surface area contributed by atoms with Gasteiger partial charge in [0.05, 0.1) is 5.41 Å². The maximum Gasteiger partial charge on any atom is 0.234 e. The molecule has 0 atom stereocenters. The van der Waals surface area contributed by atoms with Crippen LogP contribution in [0, 0.1) is 0 Å². The van der Waals surface area contributed by atoms with Gasteiger partial charge in [0.25, 0.3) is 0 Å². The zero-order valence-electron chi connectivity index (χ0n) is 12.9. The Bertz CT molecular complexity index is 817. The number of hydrogen-bond donors (Lipinski definition) is 1. The van der Waals surface area contributed by atoms with E-state index in [1.807, 2.05) is 24.3 Å². The van der Waals surface area contributed by atoms with Gasteiger partial charge in [-0.1, -0.05) is 47.6 Å². The molecule has 1 fully saturated rings. The summed E-state index contributed by atoms with van der Waals surface area (Å²) < 4.78 is 11.1. The van der Waals surface area contributed by atoms with Crippen LogP contribution < -0.4 is 5.73 Å². The lowest BCUT2D eigenvalue weighted by Crippen LogP contribution is -2.40. The number of aromatic nitrogens is 2. The molecule has 3 aromatic rings. The molecule has 4 rings (SSSR count). The van der Waals surface area contributed by atoms with E-state index >= 15 is 0 Å². The maximum absolute atomic E-state index is 6.03. The third-order valence-electron chi connectivity index (χ3n) is 4.75. The molecule has 0 radical (unpaired) electrons. The summed E-state index contributed by atoms with van der Waals surface area (Å²) in [6, 6.07) is 14.3. The van der Waals surface area contributed by atoms with Crippen molar-refractivity contribution in [1.29, 1.82) is 0 Å². The van der Waals surface area contributed by atoms with Crippen molar-refractivity contribution in [3.05, 3.63) is 48.4 Å². The Morgan fingerprint density at radius 2 is 1.83 bits per heavy atom. The zero-order chi connectivity index (χ0) is 15.7. The Morgan fingerprint density at radius 1 is 1.04 bits per heavy atom. The normalized spacial score (nSPS) is 17.4. The predicted molar refractivity (Wildman–Crippen MR) is 88.0 cm³/mol. The quantitative estimate of drug-likeness (QED) is 0.805. The number of fused-ring (bicyclic) bond motifs is 1. The van der Waals surface area contributed by atoms with Crippen molar-refractivity contribution in [2.24, 2.45) is 5.73 Å². The summed E-state index contributed by atoms with van der Waals surface area (Å²) in [6.45, 7) is 1.86. The third kappa shape index (κ3) is 2.42. The number of nitrogens with zero attached hydrogens (tertiary/aromatic N) is 2. The molecule has 2 heterocycles.